The van der Waals surface area contributed by atoms with Gasteiger partial charge in [0.2, 0.25) is 0 Å². The topological polar surface area (TPSA) is 0 Å². The summed E-state index contributed by atoms with van der Waals surface area (Å²) in [6, 6.07) is 0. The molecule has 0 amide bonds. The fourth-order valence-corrected chi connectivity index (χ4v) is 0.612. The molecule has 0 heterocycles. The van der Waals surface area contributed by atoms with Crippen molar-refractivity contribution in [3.05, 3.63) is 13.2 Å². The van der Waals surface area contributed by atoms with Gasteiger partial charge < -0.3 is 0 Å². The Kier molecular flexibility index (Phi) is 13.7. The molecule has 0 N–H and O–H groups in total. The summed E-state index contributed by atoms with van der Waals surface area (Å²) in [6.07, 6.45) is 4.15. The number of rotatable bonds is 3. The Morgan fingerprint density at radius 1 is 1.22 bits per heavy atom. The lowest BCUT2D eigenvalue weighted by molar-refractivity contribution is 0.550. The molecule has 0 aliphatic carbocycles. The molecule has 0 heteroatoms. The van der Waals surface area contributed by atoms with Crippen LogP contribution in [0, 0.1) is 5.92 Å². The van der Waals surface area contributed by atoms with Crippen molar-refractivity contribution < 1.29 is 0 Å². The lowest BCUT2D eigenvalue weighted by Gasteiger charge is -1.98. The molecule has 0 saturated carbocycles. The Balaban J connectivity index is 0. The molecule has 0 aromatic carbocycles. The highest BCUT2D eigenvalue weighted by Gasteiger charge is 1.88. The third-order valence-electron chi connectivity index (χ3n) is 1.14. The van der Waals surface area contributed by atoms with Gasteiger partial charge in [0.05, 0.1) is 0 Å². The Morgan fingerprint density at radius 3 is 1.78 bits per heavy atom. The Bertz CT molecular complexity index is 37.3. The van der Waals surface area contributed by atoms with Gasteiger partial charge in [-0.1, -0.05) is 40.0 Å². The predicted molar refractivity (Wildman–Crippen MR) is 45.6 cm³/mol. The lowest BCUT2D eigenvalue weighted by atomic mass is 10.1. The van der Waals surface area contributed by atoms with E-state index in [9.17, 15) is 0 Å². The van der Waals surface area contributed by atoms with E-state index in [4.69, 9.17) is 0 Å². The van der Waals surface area contributed by atoms with Crippen LogP contribution in [0.5, 0.6) is 0 Å². The monoisotopic (exact) mass is 128 g/mol. The standard InChI is InChI=1S/C7H16.C2H4/c1-4-5-6-7(2)3;1-2/h7H,4-6H2,1-3H3;1-2H2. The summed E-state index contributed by atoms with van der Waals surface area (Å²) in [7, 11) is 0. The van der Waals surface area contributed by atoms with Crippen LogP contribution in [0.1, 0.15) is 40.0 Å². The van der Waals surface area contributed by atoms with Gasteiger partial charge in [0.25, 0.3) is 0 Å². The summed E-state index contributed by atoms with van der Waals surface area (Å²) in [5.41, 5.74) is 0. The van der Waals surface area contributed by atoms with Crippen LogP contribution in [-0.4, -0.2) is 0 Å². The van der Waals surface area contributed by atoms with E-state index in [0.29, 0.717) is 0 Å². The molecule has 0 aromatic heterocycles. The van der Waals surface area contributed by atoms with E-state index in [1.165, 1.54) is 19.3 Å². The Morgan fingerprint density at radius 2 is 1.67 bits per heavy atom. The fraction of sp³-hybridized carbons (Fsp3) is 0.778. The summed E-state index contributed by atoms with van der Waals surface area (Å²) >= 11 is 0. The summed E-state index contributed by atoms with van der Waals surface area (Å²) < 4.78 is 0. The van der Waals surface area contributed by atoms with Crippen molar-refractivity contribution in [3.8, 4) is 0 Å². The molecule has 0 unspecified atom stereocenters. The highest BCUT2D eigenvalue weighted by molar-refractivity contribution is 4.42. The zero-order chi connectivity index (χ0) is 7.70. The molecule has 0 spiro atoms. The zero-order valence-corrected chi connectivity index (χ0v) is 7.11. The van der Waals surface area contributed by atoms with Gasteiger partial charge in [0, 0.05) is 0 Å². The maximum atomic E-state index is 3.00. The first-order chi connectivity index (χ1) is 4.27. The van der Waals surface area contributed by atoms with E-state index < -0.39 is 0 Å². The smallest absolute Gasteiger partial charge is 0.0471 e. The fourth-order valence-electron chi connectivity index (χ4n) is 0.612. The summed E-state index contributed by atoms with van der Waals surface area (Å²) in [5.74, 6) is 0.903. The molecule has 0 aromatic rings. The maximum Gasteiger partial charge on any atom is -0.0471 e. The van der Waals surface area contributed by atoms with Gasteiger partial charge in [-0.25, -0.2) is 0 Å². The van der Waals surface area contributed by atoms with Gasteiger partial charge in [-0.15, -0.1) is 13.2 Å². The van der Waals surface area contributed by atoms with Gasteiger partial charge in [0.15, 0.2) is 0 Å². The van der Waals surface area contributed by atoms with E-state index in [0.717, 1.165) is 5.92 Å². The van der Waals surface area contributed by atoms with Crippen molar-refractivity contribution in [1.82, 2.24) is 0 Å². The molecule has 56 valence electrons. The Labute approximate surface area is 60.0 Å². The molecule has 0 bridgehead atoms. The van der Waals surface area contributed by atoms with Gasteiger partial charge in [-0.3, -0.25) is 0 Å². The maximum absolute atomic E-state index is 3.00. The van der Waals surface area contributed by atoms with E-state index in [1.54, 1.807) is 0 Å². The highest BCUT2D eigenvalue weighted by Crippen LogP contribution is 2.04. The van der Waals surface area contributed by atoms with Gasteiger partial charge in [0.1, 0.15) is 0 Å². The van der Waals surface area contributed by atoms with Crippen molar-refractivity contribution >= 4 is 0 Å². The van der Waals surface area contributed by atoms with E-state index >= 15 is 0 Å². The quantitative estimate of drug-likeness (QED) is 0.509. The molecule has 0 saturated heterocycles. The first-order valence-corrected chi connectivity index (χ1v) is 3.77. The summed E-state index contributed by atoms with van der Waals surface area (Å²) in [5, 5.41) is 0. The second kappa shape index (κ2) is 10.7. The van der Waals surface area contributed by atoms with Crippen LogP contribution in [0.2, 0.25) is 0 Å². The van der Waals surface area contributed by atoms with Crippen LogP contribution in [0.15, 0.2) is 13.2 Å². The average molecular weight is 128 g/mol. The molecular weight excluding hydrogens is 108 g/mol. The molecular formula is C9H20. The molecule has 0 aliphatic heterocycles. The average Bonchev–Trinajstić information content (AvgIpc) is 1.88. The minimum absolute atomic E-state index is 0.903. The molecule has 0 rings (SSSR count). The van der Waals surface area contributed by atoms with Gasteiger partial charge in [-0.05, 0) is 5.92 Å². The highest BCUT2D eigenvalue weighted by atomic mass is 13.9. The molecule has 0 aliphatic rings. The minimum atomic E-state index is 0.903. The van der Waals surface area contributed by atoms with E-state index in [-0.39, 0.29) is 0 Å². The third kappa shape index (κ3) is 18.2. The normalized spacial score (nSPS) is 8.44. The van der Waals surface area contributed by atoms with E-state index in [2.05, 4.69) is 33.9 Å². The number of unbranched alkanes of at least 4 members (excludes halogenated alkanes) is 1. The van der Waals surface area contributed by atoms with Gasteiger partial charge >= 0.3 is 0 Å². The van der Waals surface area contributed by atoms with Crippen molar-refractivity contribution in [1.29, 1.82) is 0 Å². The second-order valence-electron chi connectivity index (χ2n) is 2.54. The number of hydrogen-bond acceptors (Lipinski definition) is 0. The van der Waals surface area contributed by atoms with E-state index in [1.807, 2.05) is 0 Å². The molecule has 9 heavy (non-hydrogen) atoms. The Hall–Kier alpha value is -0.260. The summed E-state index contributed by atoms with van der Waals surface area (Å²) in [4.78, 5) is 0. The largest absolute Gasteiger partial charge is 0.106 e. The lowest BCUT2D eigenvalue weighted by Crippen LogP contribution is -1.83. The minimum Gasteiger partial charge on any atom is -0.106 e. The third-order valence-corrected chi connectivity index (χ3v) is 1.14. The predicted octanol–water partition coefficient (Wildman–Crippen LogP) is 3.63. The molecule has 0 nitrogen and oxygen atoms in total. The molecule has 0 fully saturated rings. The van der Waals surface area contributed by atoms with Gasteiger partial charge in [-0.2, -0.15) is 0 Å². The summed E-state index contributed by atoms with van der Waals surface area (Å²) in [6.45, 7) is 12.8. The van der Waals surface area contributed by atoms with Crippen molar-refractivity contribution in [2.45, 2.75) is 40.0 Å². The second-order valence-corrected chi connectivity index (χ2v) is 2.54. The number of hydrogen-bond donors (Lipinski definition) is 0. The van der Waals surface area contributed by atoms with Crippen LogP contribution in [0.4, 0.5) is 0 Å². The van der Waals surface area contributed by atoms with Crippen LogP contribution in [0.3, 0.4) is 0 Å². The van der Waals surface area contributed by atoms with Crippen molar-refractivity contribution in [2.75, 3.05) is 0 Å². The SMILES string of the molecule is C=C.CCCCC(C)C. The first kappa shape index (κ1) is 11.5. The van der Waals surface area contributed by atoms with Crippen LogP contribution < -0.4 is 0 Å². The molecule has 0 radical (unpaired) electrons. The van der Waals surface area contributed by atoms with Crippen LogP contribution in [-0.2, 0) is 0 Å². The van der Waals surface area contributed by atoms with Crippen LogP contribution in [0.25, 0.3) is 0 Å². The van der Waals surface area contributed by atoms with Crippen molar-refractivity contribution in [3.63, 3.8) is 0 Å². The van der Waals surface area contributed by atoms with Crippen LogP contribution >= 0.6 is 0 Å². The first-order valence-electron chi connectivity index (χ1n) is 3.77. The molecule has 0 atom stereocenters. The van der Waals surface area contributed by atoms with Crippen molar-refractivity contribution in [2.24, 2.45) is 5.92 Å². The zero-order valence-electron chi connectivity index (χ0n) is 7.11.